The number of carbonyl (C=O) groups excluding carboxylic acids is 1. The Labute approximate surface area is 166 Å². The van der Waals surface area contributed by atoms with Crippen LogP contribution in [0.4, 0.5) is 0 Å². The van der Waals surface area contributed by atoms with E-state index in [4.69, 9.17) is 4.74 Å². The lowest BCUT2D eigenvalue weighted by Gasteiger charge is -2.08. The van der Waals surface area contributed by atoms with E-state index >= 15 is 0 Å². The molecule has 1 amide bonds. The third-order valence-corrected chi connectivity index (χ3v) is 4.50. The first-order valence-corrected chi connectivity index (χ1v) is 9.05. The van der Waals surface area contributed by atoms with Crippen molar-refractivity contribution in [2.75, 3.05) is 7.11 Å². The van der Waals surface area contributed by atoms with Gasteiger partial charge in [0.15, 0.2) is 5.65 Å². The molecule has 4 rings (SSSR count). The molecule has 1 aromatic carbocycles. The Kier molecular flexibility index (Phi) is 5.07. The number of benzene rings is 1. The molecule has 0 fully saturated rings. The highest BCUT2D eigenvalue weighted by atomic mass is 16.5. The van der Waals surface area contributed by atoms with Crippen LogP contribution in [0.5, 0.6) is 5.75 Å². The topological polar surface area (TPSA) is 101 Å². The molecule has 0 aliphatic carbocycles. The van der Waals surface area contributed by atoms with Crippen molar-refractivity contribution in [3.05, 3.63) is 82.5 Å². The number of rotatable bonds is 6. The molecule has 0 atom stereocenters. The highest BCUT2D eigenvalue weighted by molar-refractivity contribution is 5.79. The molecule has 2 N–H and O–H groups in total. The summed E-state index contributed by atoms with van der Waals surface area (Å²) in [6.07, 6.45) is 3.54. The Morgan fingerprint density at radius 3 is 2.76 bits per heavy atom. The van der Waals surface area contributed by atoms with Crippen LogP contribution in [-0.2, 0) is 17.8 Å². The zero-order valence-corrected chi connectivity index (χ0v) is 15.8. The second-order valence-electron chi connectivity index (χ2n) is 6.45. The Bertz CT molecular complexity index is 1210. The Morgan fingerprint density at radius 1 is 1.17 bits per heavy atom. The third kappa shape index (κ3) is 4.01. The van der Waals surface area contributed by atoms with Gasteiger partial charge in [0.05, 0.1) is 31.5 Å². The van der Waals surface area contributed by atoms with Gasteiger partial charge in [0.1, 0.15) is 5.75 Å². The standard InChI is InChI=1S/C21H19N5O3/c1-29-18-5-3-2-4-15(18)10-20(27)23-13-16-11-21(28)26-19(24-16)12-17(25-26)14-6-8-22-9-7-14/h2-9,11-12,25H,10,13H2,1H3,(H,23,27). The minimum Gasteiger partial charge on any atom is -0.496 e. The van der Waals surface area contributed by atoms with Crippen LogP contribution < -0.4 is 15.6 Å². The second-order valence-corrected chi connectivity index (χ2v) is 6.45. The number of amides is 1. The number of para-hydroxylation sites is 1. The van der Waals surface area contributed by atoms with Gasteiger partial charge in [-0.2, -0.15) is 0 Å². The minimum absolute atomic E-state index is 0.162. The van der Waals surface area contributed by atoms with Crippen molar-refractivity contribution < 1.29 is 9.53 Å². The molecule has 0 aliphatic rings. The summed E-state index contributed by atoms with van der Waals surface area (Å²) < 4.78 is 6.64. The van der Waals surface area contributed by atoms with Crippen molar-refractivity contribution in [2.24, 2.45) is 0 Å². The summed E-state index contributed by atoms with van der Waals surface area (Å²) in [5.74, 6) is 0.486. The SMILES string of the molecule is COc1ccccc1CC(=O)NCc1cc(=O)n2[nH]c(-c3ccncc3)cc2n1. The highest BCUT2D eigenvalue weighted by Gasteiger charge is 2.11. The molecular formula is C21H19N5O3. The fourth-order valence-electron chi connectivity index (χ4n) is 3.08. The van der Waals surface area contributed by atoms with Gasteiger partial charge in [0.2, 0.25) is 5.91 Å². The predicted molar refractivity (Wildman–Crippen MR) is 108 cm³/mol. The third-order valence-electron chi connectivity index (χ3n) is 4.50. The maximum absolute atomic E-state index is 12.4. The molecule has 4 aromatic rings. The summed E-state index contributed by atoms with van der Waals surface area (Å²) in [5.41, 5.74) is 3.18. The summed E-state index contributed by atoms with van der Waals surface area (Å²) in [5, 5.41) is 5.84. The number of fused-ring (bicyclic) bond motifs is 1. The quantitative estimate of drug-likeness (QED) is 0.525. The number of hydrogen-bond donors (Lipinski definition) is 2. The molecule has 0 bridgehead atoms. The maximum Gasteiger partial charge on any atom is 0.272 e. The Balaban J connectivity index is 1.50. The van der Waals surface area contributed by atoms with Crippen LogP contribution in [0, 0.1) is 0 Å². The summed E-state index contributed by atoms with van der Waals surface area (Å²) in [4.78, 5) is 33.2. The van der Waals surface area contributed by atoms with Crippen molar-refractivity contribution in [3.8, 4) is 17.0 Å². The number of nitrogens with one attached hydrogen (secondary N) is 2. The second kappa shape index (κ2) is 7.97. The fourth-order valence-corrected chi connectivity index (χ4v) is 3.08. The molecular weight excluding hydrogens is 370 g/mol. The molecule has 29 heavy (non-hydrogen) atoms. The highest BCUT2D eigenvalue weighted by Crippen LogP contribution is 2.18. The van der Waals surface area contributed by atoms with Crippen molar-refractivity contribution in [2.45, 2.75) is 13.0 Å². The minimum atomic E-state index is -0.246. The zero-order valence-electron chi connectivity index (χ0n) is 15.8. The largest absolute Gasteiger partial charge is 0.496 e. The number of hydrogen-bond acceptors (Lipinski definition) is 5. The molecule has 146 valence electrons. The monoisotopic (exact) mass is 389 g/mol. The molecule has 0 spiro atoms. The molecule has 3 aromatic heterocycles. The molecule has 0 saturated heterocycles. The van der Waals surface area contributed by atoms with E-state index in [2.05, 4.69) is 20.4 Å². The van der Waals surface area contributed by atoms with Crippen molar-refractivity contribution in [3.63, 3.8) is 0 Å². The first kappa shape index (κ1) is 18.4. The van der Waals surface area contributed by atoms with Crippen LogP contribution in [0.2, 0.25) is 0 Å². The predicted octanol–water partition coefficient (Wildman–Crippen LogP) is 1.95. The Morgan fingerprint density at radius 2 is 1.97 bits per heavy atom. The first-order chi connectivity index (χ1) is 14.1. The molecule has 0 aliphatic heterocycles. The maximum atomic E-state index is 12.4. The van der Waals surface area contributed by atoms with E-state index in [9.17, 15) is 9.59 Å². The Hall–Kier alpha value is -3.94. The van der Waals surface area contributed by atoms with Gasteiger partial charge in [-0.25, -0.2) is 9.50 Å². The number of H-pyrrole nitrogens is 1. The van der Waals surface area contributed by atoms with Crippen LogP contribution in [0.15, 0.2) is 65.7 Å². The fraction of sp³-hybridized carbons (Fsp3) is 0.143. The normalized spacial score (nSPS) is 10.8. The number of methoxy groups -OCH3 is 1. The van der Waals surface area contributed by atoms with E-state index < -0.39 is 0 Å². The summed E-state index contributed by atoms with van der Waals surface area (Å²) >= 11 is 0. The van der Waals surface area contributed by atoms with Gasteiger partial charge < -0.3 is 10.1 Å². The molecule has 0 saturated carbocycles. The summed E-state index contributed by atoms with van der Waals surface area (Å²) in [6.45, 7) is 0.162. The average Bonchev–Trinajstić information content (AvgIpc) is 3.18. The van der Waals surface area contributed by atoms with Gasteiger partial charge in [-0.3, -0.25) is 19.7 Å². The molecule has 8 heteroatoms. The van der Waals surface area contributed by atoms with Gasteiger partial charge in [-0.15, -0.1) is 0 Å². The number of pyridine rings is 1. The smallest absolute Gasteiger partial charge is 0.272 e. The van der Waals surface area contributed by atoms with E-state index in [1.165, 1.54) is 10.6 Å². The number of carbonyl (C=O) groups is 1. The van der Waals surface area contributed by atoms with Gasteiger partial charge in [0, 0.05) is 35.7 Å². The van der Waals surface area contributed by atoms with Crippen molar-refractivity contribution >= 4 is 11.6 Å². The van der Waals surface area contributed by atoms with Crippen LogP contribution >= 0.6 is 0 Å². The van der Waals surface area contributed by atoms with Gasteiger partial charge >= 0.3 is 0 Å². The summed E-state index contributed by atoms with van der Waals surface area (Å²) in [6, 6.07) is 14.2. The van der Waals surface area contributed by atoms with Crippen molar-refractivity contribution in [1.82, 2.24) is 24.9 Å². The zero-order chi connectivity index (χ0) is 20.2. The van der Waals surface area contributed by atoms with E-state index in [0.717, 1.165) is 16.8 Å². The first-order valence-electron chi connectivity index (χ1n) is 9.05. The van der Waals surface area contributed by atoms with Crippen LogP contribution in [0.1, 0.15) is 11.3 Å². The lowest BCUT2D eigenvalue weighted by Crippen LogP contribution is -2.26. The molecule has 0 radical (unpaired) electrons. The van der Waals surface area contributed by atoms with E-state index in [1.807, 2.05) is 36.4 Å². The number of ether oxygens (including phenoxy) is 1. The molecule has 3 heterocycles. The van der Waals surface area contributed by atoms with Gasteiger partial charge in [0.25, 0.3) is 5.56 Å². The molecule has 8 nitrogen and oxygen atoms in total. The van der Waals surface area contributed by atoms with Crippen LogP contribution in [-0.4, -0.2) is 32.6 Å². The van der Waals surface area contributed by atoms with Gasteiger partial charge in [-0.1, -0.05) is 18.2 Å². The molecule has 0 unspecified atom stereocenters. The van der Waals surface area contributed by atoms with Crippen LogP contribution in [0.3, 0.4) is 0 Å². The van der Waals surface area contributed by atoms with Crippen molar-refractivity contribution in [1.29, 1.82) is 0 Å². The number of nitrogens with zero attached hydrogens (tertiary/aromatic N) is 3. The lowest BCUT2D eigenvalue weighted by molar-refractivity contribution is -0.120. The number of aromatic nitrogens is 4. The lowest BCUT2D eigenvalue weighted by atomic mass is 10.1. The van der Waals surface area contributed by atoms with E-state index in [0.29, 0.717) is 17.1 Å². The van der Waals surface area contributed by atoms with E-state index in [1.54, 1.807) is 25.6 Å². The van der Waals surface area contributed by atoms with E-state index in [-0.39, 0.29) is 24.4 Å². The van der Waals surface area contributed by atoms with Crippen LogP contribution in [0.25, 0.3) is 16.9 Å². The number of aromatic amines is 1. The van der Waals surface area contributed by atoms with Gasteiger partial charge in [-0.05, 0) is 18.2 Å². The summed E-state index contributed by atoms with van der Waals surface area (Å²) in [7, 11) is 1.57. The average molecular weight is 389 g/mol.